The first-order chi connectivity index (χ1) is 12.0. The second-order valence-electron chi connectivity index (χ2n) is 6.85. The van der Waals surface area contributed by atoms with Crippen molar-refractivity contribution in [2.24, 2.45) is 0 Å². The summed E-state index contributed by atoms with van der Waals surface area (Å²) in [7, 11) is 0. The molecule has 0 aromatic heterocycles. The Labute approximate surface area is 157 Å². The van der Waals surface area contributed by atoms with Crippen molar-refractivity contribution in [3.05, 3.63) is 24.3 Å². The zero-order chi connectivity index (χ0) is 18.5. The maximum absolute atomic E-state index is 10.5. The fourth-order valence-electron chi connectivity index (χ4n) is 3.18. The molecule has 0 radical (unpaired) electrons. The number of carboxylic acid groups (broad SMARTS) is 1. The molecule has 25 heavy (non-hydrogen) atoms. The van der Waals surface area contributed by atoms with E-state index in [2.05, 4.69) is 30.1 Å². The van der Waals surface area contributed by atoms with Gasteiger partial charge in [0.2, 0.25) is 0 Å². The molecule has 1 fully saturated rings. The van der Waals surface area contributed by atoms with E-state index < -0.39 is 5.97 Å². The molecule has 3 atom stereocenters. The van der Waals surface area contributed by atoms with Crippen LogP contribution in [0.1, 0.15) is 64.7 Å². The van der Waals surface area contributed by atoms with Crippen LogP contribution in [-0.2, 0) is 4.79 Å². The molecule has 0 aromatic rings. The molecule has 0 aromatic carbocycles. The third kappa shape index (κ3) is 10.0. The molecule has 1 heterocycles. The number of nitrogens with zero attached hydrogens (tertiary/aromatic N) is 1. The number of carboxylic acids is 1. The fourth-order valence-corrected chi connectivity index (χ4v) is 3.54. The largest absolute Gasteiger partial charge is 0.481 e. The number of aliphatic hydroxyl groups excluding tert-OH is 1. The zero-order valence-corrected chi connectivity index (χ0v) is 16.2. The normalized spacial score (nSPS) is 23.0. The maximum atomic E-state index is 10.5. The van der Waals surface area contributed by atoms with E-state index in [0.29, 0.717) is 12.5 Å². The number of aliphatic hydroxyl groups is 1. The summed E-state index contributed by atoms with van der Waals surface area (Å²) >= 11 is 6.45. The van der Waals surface area contributed by atoms with Gasteiger partial charge in [-0.05, 0) is 32.1 Å². The molecule has 0 spiro atoms. The predicted octanol–water partition coefficient (Wildman–Crippen LogP) is 4.37. The number of allylic oxidation sites excluding steroid dienone is 1. The van der Waals surface area contributed by atoms with Crippen molar-refractivity contribution in [2.75, 3.05) is 13.1 Å². The molecule has 1 aliphatic rings. The van der Waals surface area contributed by atoms with Crippen LogP contribution in [0, 0.1) is 0 Å². The Balaban J connectivity index is 2.30. The smallest absolute Gasteiger partial charge is 0.303 e. The molecule has 1 rings (SSSR count). The van der Waals surface area contributed by atoms with Gasteiger partial charge in [0.15, 0.2) is 0 Å². The van der Waals surface area contributed by atoms with Crippen LogP contribution in [0.4, 0.5) is 0 Å². The first-order valence-corrected chi connectivity index (χ1v) is 10.1. The van der Waals surface area contributed by atoms with Crippen molar-refractivity contribution < 1.29 is 15.0 Å². The lowest BCUT2D eigenvalue weighted by molar-refractivity contribution is -0.137. The van der Waals surface area contributed by atoms with Crippen LogP contribution in [0.15, 0.2) is 24.3 Å². The first kappa shape index (κ1) is 22.2. The van der Waals surface area contributed by atoms with Gasteiger partial charge in [0.25, 0.3) is 0 Å². The Kier molecular flexibility index (Phi) is 11.9. The first-order valence-electron chi connectivity index (χ1n) is 9.64. The lowest BCUT2D eigenvalue weighted by Gasteiger charge is -2.23. The molecule has 1 aliphatic heterocycles. The van der Waals surface area contributed by atoms with Gasteiger partial charge in [-0.15, -0.1) is 11.6 Å². The Morgan fingerprint density at radius 2 is 2.08 bits per heavy atom. The van der Waals surface area contributed by atoms with Crippen molar-refractivity contribution in [2.45, 2.75) is 82.2 Å². The summed E-state index contributed by atoms with van der Waals surface area (Å²) in [6.07, 6.45) is 15.7. The van der Waals surface area contributed by atoms with Crippen molar-refractivity contribution >= 4 is 17.6 Å². The summed E-state index contributed by atoms with van der Waals surface area (Å²) in [4.78, 5) is 12.8. The van der Waals surface area contributed by atoms with E-state index in [4.69, 9.17) is 16.7 Å². The monoisotopic (exact) mass is 371 g/mol. The lowest BCUT2D eigenvalue weighted by Crippen LogP contribution is -2.33. The van der Waals surface area contributed by atoms with Crippen molar-refractivity contribution in [1.29, 1.82) is 0 Å². The molecule has 0 aliphatic carbocycles. The average Bonchev–Trinajstić information content (AvgIpc) is 2.91. The molecular weight excluding hydrogens is 338 g/mol. The number of halogens is 1. The number of hydrogen-bond donors (Lipinski definition) is 2. The van der Waals surface area contributed by atoms with Crippen molar-refractivity contribution in [1.82, 2.24) is 4.90 Å². The number of carbonyl (C=O) groups is 1. The molecular formula is C20H34ClNO3. The number of alkyl halides is 1. The maximum Gasteiger partial charge on any atom is 0.303 e. The van der Waals surface area contributed by atoms with Gasteiger partial charge in [0.05, 0.1) is 11.5 Å². The Morgan fingerprint density at radius 3 is 2.80 bits per heavy atom. The number of likely N-dealkylation sites (tertiary alicyclic amines) is 1. The molecule has 144 valence electrons. The van der Waals surface area contributed by atoms with Crippen LogP contribution in [-0.4, -0.2) is 51.7 Å². The van der Waals surface area contributed by atoms with Gasteiger partial charge >= 0.3 is 5.97 Å². The SMILES string of the molecule is CCCCCC(O)/C=C\CN1CCC(Cl)[C@@H]1C/C=C\CCCC(=O)O. The predicted molar refractivity (Wildman–Crippen MR) is 104 cm³/mol. The molecule has 2 unspecified atom stereocenters. The molecule has 4 nitrogen and oxygen atoms in total. The minimum atomic E-state index is -0.736. The zero-order valence-electron chi connectivity index (χ0n) is 15.4. The quantitative estimate of drug-likeness (QED) is 0.287. The molecule has 0 saturated carbocycles. The Hall–Kier alpha value is -0.840. The minimum Gasteiger partial charge on any atom is -0.481 e. The van der Waals surface area contributed by atoms with E-state index in [-0.39, 0.29) is 17.9 Å². The summed E-state index contributed by atoms with van der Waals surface area (Å²) in [5.74, 6) is -0.736. The summed E-state index contributed by atoms with van der Waals surface area (Å²) in [5.41, 5.74) is 0. The van der Waals surface area contributed by atoms with Crippen molar-refractivity contribution in [3.63, 3.8) is 0 Å². The topological polar surface area (TPSA) is 60.8 Å². The van der Waals surface area contributed by atoms with Gasteiger partial charge in [-0.3, -0.25) is 9.69 Å². The highest BCUT2D eigenvalue weighted by molar-refractivity contribution is 6.21. The summed E-state index contributed by atoms with van der Waals surface area (Å²) < 4.78 is 0. The molecule has 0 amide bonds. The van der Waals surface area contributed by atoms with E-state index >= 15 is 0 Å². The van der Waals surface area contributed by atoms with Gasteiger partial charge in [0, 0.05) is 25.6 Å². The molecule has 0 bridgehead atoms. The number of aliphatic carboxylic acids is 1. The highest BCUT2D eigenvalue weighted by Gasteiger charge is 2.30. The Morgan fingerprint density at radius 1 is 1.28 bits per heavy atom. The van der Waals surface area contributed by atoms with Crippen LogP contribution in [0.3, 0.4) is 0 Å². The van der Waals surface area contributed by atoms with Crippen molar-refractivity contribution in [3.8, 4) is 0 Å². The van der Waals surface area contributed by atoms with Gasteiger partial charge in [-0.2, -0.15) is 0 Å². The summed E-state index contributed by atoms with van der Waals surface area (Å²) in [5, 5.41) is 18.7. The molecule has 2 N–H and O–H groups in total. The van der Waals surface area contributed by atoms with Gasteiger partial charge in [-0.1, -0.05) is 50.5 Å². The van der Waals surface area contributed by atoms with E-state index in [9.17, 15) is 9.90 Å². The van der Waals surface area contributed by atoms with Crippen LogP contribution in [0.2, 0.25) is 0 Å². The second-order valence-corrected chi connectivity index (χ2v) is 7.41. The van der Waals surface area contributed by atoms with E-state index in [0.717, 1.165) is 45.2 Å². The molecule has 1 saturated heterocycles. The summed E-state index contributed by atoms with van der Waals surface area (Å²) in [6.45, 7) is 3.98. The van der Waals surface area contributed by atoms with E-state index in [1.165, 1.54) is 12.8 Å². The number of hydrogen-bond acceptors (Lipinski definition) is 3. The van der Waals surface area contributed by atoms with Gasteiger partial charge in [0.1, 0.15) is 0 Å². The average molecular weight is 372 g/mol. The highest BCUT2D eigenvalue weighted by atomic mass is 35.5. The fraction of sp³-hybridized carbons (Fsp3) is 0.750. The second kappa shape index (κ2) is 13.4. The van der Waals surface area contributed by atoms with E-state index in [1.54, 1.807) is 0 Å². The van der Waals surface area contributed by atoms with Crippen LogP contribution >= 0.6 is 11.6 Å². The van der Waals surface area contributed by atoms with Crippen LogP contribution in [0.5, 0.6) is 0 Å². The third-order valence-electron chi connectivity index (χ3n) is 4.69. The minimum absolute atomic E-state index is 0.159. The van der Waals surface area contributed by atoms with E-state index in [1.807, 2.05) is 6.08 Å². The van der Waals surface area contributed by atoms with Crippen LogP contribution < -0.4 is 0 Å². The summed E-state index contributed by atoms with van der Waals surface area (Å²) in [6, 6.07) is 0.319. The standard InChI is InChI=1S/C20H34ClNO3/c1-2-3-6-10-17(23)11-9-15-22-16-14-18(21)19(22)12-7-4-5-8-13-20(24)25/h4,7,9,11,17-19,23H,2-3,5-6,8,10,12-16H2,1H3,(H,24,25)/b7-4-,11-9-/t17?,18?,19-/m0/s1. The lowest BCUT2D eigenvalue weighted by atomic mass is 10.1. The number of unbranched alkanes of at least 4 members (excludes halogenated alkanes) is 3. The van der Waals surface area contributed by atoms with Crippen LogP contribution in [0.25, 0.3) is 0 Å². The third-order valence-corrected chi connectivity index (χ3v) is 5.19. The highest BCUT2D eigenvalue weighted by Crippen LogP contribution is 2.25. The van der Waals surface area contributed by atoms with Gasteiger partial charge in [-0.25, -0.2) is 0 Å². The number of rotatable bonds is 13. The van der Waals surface area contributed by atoms with Gasteiger partial charge < -0.3 is 10.2 Å². The molecule has 5 heteroatoms. The Bertz CT molecular complexity index is 425.